The minimum Gasteiger partial charge on any atom is -0.0896 e. The lowest BCUT2D eigenvalue weighted by Gasteiger charge is -2.02. The molecule has 2 rings (SSSR count). The summed E-state index contributed by atoms with van der Waals surface area (Å²) in [5.41, 5.74) is 4.75. The highest BCUT2D eigenvalue weighted by atomic mass is 28.3. The second-order valence-electron chi connectivity index (χ2n) is 2.67. The summed E-state index contributed by atoms with van der Waals surface area (Å²) in [4.78, 5) is 0. The minimum atomic E-state index is -0.696. The van der Waals surface area contributed by atoms with Crippen LogP contribution in [0.4, 0.5) is 0 Å². The topological polar surface area (TPSA) is 0 Å². The van der Waals surface area contributed by atoms with Crippen LogP contribution in [-0.4, -0.2) is 8.80 Å². The van der Waals surface area contributed by atoms with Crippen LogP contribution in [0.15, 0.2) is 47.0 Å². The highest BCUT2D eigenvalue weighted by molar-refractivity contribution is 6.77. The Morgan fingerprint density at radius 2 is 1.90 bits per heavy atom. The quantitative estimate of drug-likeness (QED) is 0.495. The fourth-order valence-corrected chi connectivity index (χ4v) is 3.49. The van der Waals surface area contributed by atoms with Gasteiger partial charge in [-0.05, 0) is 6.42 Å². The summed E-state index contributed by atoms with van der Waals surface area (Å²) in [6.45, 7) is 0. The van der Waals surface area contributed by atoms with Gasteiger partial charge in [-0.15, -0.1) is 0 Å². The van der Waals surface area contributed by atoms with Crippen molar-refractivity contribution < 1.29 is 0 Å². The molecule has 0 bridgehead atoms. The molecule has 0 spiro atoms. The number of hydrogen-bond acceptors (Lipinski definition) is 0. The summed E-state index contributed by atoms with van der Waals surface area (Å²) in [7, 11) is -0.696. The van der Waals surface area contributed by atoms with Crippen molar-refractivity contribution in [2.24, 2.45) is 0 Å². The number of hydrogen-bond donors (Lipinski definition) is 0. The highest BCUT2D eigenvalue weighted by Crippen LogP contribution is 2.17. The molecule has 0 aromatic carbocycles. The molecule has 0 radical (unpaired) electrons. The van der Waals surface area contributed by atoms with Crippen LogP contribution in [0.1, 0.15) is 6.42 Å². The Kier molecular flexibility index (Phi) is 1.44. The predicted octanol–water partition coefficient (Wildman–Crippen LogP) is 1.84. The normalized spacial score (nSPS) is 22.6. The zero-order chi connectivity index (χ0) is 6.81. The van der Waals surface area contributed by atoms with Gasteiger partial charge >= 0.3 is 0 Å². The first-order valence-corrected chi connectivity index (χ1v) is 5.58. The van der Waals surface area contributed by atoms with Crippen LogP contribution in [0.25, 0.3) is 0 Å². The van der Waals surface area contributed by atoms with Crippen LogP contribution in [0, 0.1) is 0 Å². The van der Waals surface area contributed by atoms with E-state index in [-0.39, 0.29) is 0 Å². The molecular formula is C9H10Si. The molecule has 1 aliphatic carbocycles. The Balaban J connectivity index is 2.14. The fraction of sp³-hybridized carbons (Fsp3) is 0.111. The van der Waals surface area contributed by atoms with E-state index >= 15 is 0 Å². The molecule has 0 amide bonds. The molecule has 50 valence electrons. The molecule has 0 saturated heterocycles. The first-order valence-electron chi connectivity index (χ1n) is 3.67. The van der Waals surface area contributed by atoms with E-state index in [1.807, 2.05) is 0 Å². The van der Waals surface area contributed by atoms with Gasteiger partial charge in [0.2, 0.25) is 0 Å². The van der Waals surface area contributed by atoms with Gasteiger partial charge in [0, 0.05) is 0 Å². The van der Waals surface area contributed by atoms with Gasteiger partial charge in [-0.1, -0.05) is 47.0 Å². The minimum absolute atomic E-state index is 0.696. The molecule has 0 aromatic heterocycles. The molecular weight excluding hydrogens is 136 g/mol. The highest BCUT2D eigenvalue weighted by Gasteiger charge is 2.11. The molecule has 2 aliphatic rings. The largest absolute Gasteiger partial charge is 0.113 e. The summed E-state index contributed by atoms with van der Waals surface area (Å²) < 4.78 is 0. The zero-order valence-corrected chi connectivity index (χ0v) is 6.98. The van der Waals surface area contributed by atoms with E-state index in [4.69, 9.17) is 0 Å². The van der Waals surface area contributed by atoms with E-state index in [1.165, 1.54) is 6.42 Å². The van der Waals surface area contributed by atoms with E-state index in [9.17, 15) is 0 Å². The van der Waals surface area contributed by atoms with E-state index in [0.29, 0.717) is 0 Å². The van der Waals surface area contributed by atoms with E-state index < -0.39 is 8.80 Å². The van der Waals surface area contributed by atoms with Gasteiger partial charge < -0.3 is 0 Å². The molecule has 0 aromatic rings. The van der Waals surface area contributed by atoms with Crippen LogP contribution < -0.4 is 0 Å². The van der Waals surface area contributed by atoms with Crippen molar-refractivity contribution >= 4 is 8.80 Å². The maximum atomic E-state index is 2.37. The molecule has 0 atom stereocenters. The molecule has 10 heavy (non-hydrogen) atoms. The van der Waals surface area contributed by atoms with Gasteiger partial charge in [0.25, 0.3) is 0 Å². The molecule has 0 unspecified atom stereocenters. The lowest BCUT2D eigenvalue weighted by molar-refractivity contribution is 1.39. The summed E-state index contributed by atoms with van der Waals surface area (Å²) >= 11 is 0. The van der Waals surface area contributed by atoms with Crippen molar-refractivity contribution in [1.29, 1.82) is 0 Å². The molecule has 1 heteroatoms. The van der Waals surface area contributed by atoms with Gasteiger partial charge in [0.1, 0.15) is 8.80 Å². The zero-order valence-electron chi connectivity index (χ0n) is 5.83. The third-order valence-electron chi connectivity index (χ3n) is 1.98. The maximum Gasteiger partial charge on any atom is 0.113 e. The molecule has 1 heterocycles. The van der Waals surface area contributed by atoms with Gasteiger partial charge in [-0.2, -0.15) is 0 Å². The Bertz CT molecular complexity index is 231. The first kappa shape index (κ1) is 5.92. The van der Waals surface area contributed by atoms with Gasteiger partial charge in [0.05, 0.1) is 0 Å². The average molecular weight is 146 g/mol. The molecule has 0 nitrogen and oxygen atoms in total. The fourth-order valence-electron chi connectivity index (χ4n) is 1.39. The van der Waals surface area contributed by atoms with Crippen molar-refractivity contribution in [3.8, 4) is 0 Å². The van der Waals surface area contributed by atoms with E-state index in [2.05, 4.69) is 41.8 Å². The van der Waals surface area contributed by atoms with Crippen LogP contribution in [0.3, 0.4) is 0 Å². The Morgan fingerprint density at radius 1 is 1.10 bits per heavy atom. The van der Waals surface area contributed by atoms with Crippen LogP contribution in [0.5, 0.6) is 0 Å². The van der Waals surface area contributed by atoms with Crippen molar-refractivity contribution in [2.45, 2.75) is 6.42 Å². The SMILES string of the molecule is C1=CCC([SiH]2C=CC=C2)=C1. The third-order valence-corrected chi connectivity index (χ3v) is 4.53. The van der Waals surface area contributed by atoms with E-state index in [1.54, 1.807) is 5.20 Å². The summed E-state index contributed by atoms with van der Waals surface area (Å²) in [6.07, 6.45) is 12.2. The van der Waals surface area contributed by atoms with E-state index in [0.717, 1.165) is 0 Å². The predicted molar refractivity (Wildman–Crippen MR) is 47.3 cm³/mol. The maximum absolute atomic E-state index is 2.37. The number of rotatable bonds is 1. The average Bonchev–Trinajstić information content (AvgIpc) is 2.59. The second-order valence-corrected chi connectivity index (χ2v) is 5.23. The Labute approximate surface area is 62.9 Å². The summed E-state index contributed by atoms with van der Waals surface area (Å²) in [5.74, 6) is 0. The lowest BCUT2D eigenvalue weighted by atomic mass is 10.5. The van der Waals surface area contributed by atoms with Crippen molar-refractivity contribution in [3.63, 3.8) is 0 Å². The Hall–Kier alpha value is -0.823. The first-order chi connectivity index (χ1) is 4.97. The third kappa shape index (κ3) is 0.928. The van der Waals surface area contributed by atoms with Crippen LogP contribution in [-0.2, 0) is 0 Å². The number of allylic oxidation sites excluding steroid dienone is 6. The standard InChI is InChI=1S/C9H10Si/c1-2-6-9(5-1)10-7-3-4-8-10/h1-5,7-8,10H,6H2. The monoisotopic (exact) mass is 146 g/mol. The molecule has 0 saturated carbocycles. The van der Waals surface area contributed by atoms with Crippen LogP contribution >= 0.6 is 0 Å². The Morgan fingerprint density at radius 3 is 2.50 bits per heavy atom. The molecule has 0 fully saturated rings. The summed E-state index contributed by atoms with van der Waals surface area (Å²) in [5, 5.41) is 1.66. The molecule has 1 aliphatic heterocycles. The van der Waals surface area contributed by atoms with Gasteiger partial charge in [-0.3, -0.25) is 0 Å². The lowest BCUT2D eigenvalue weighted by Crippen LogP contribution is -2.06. The van der Waals surface area contributed by atoms with Crippen molar-refractivity contribution in [3.05, 3.63) is 47.0 Å². The second kappa shape index (κ2) is 2.43. The smallest absolute Gasteiger partial charge is 0.0896 e. The van der Waals surface area contributed by atoms with Gasteiger partial charge in [-0.25, -0.2) is 0 Å². The summed E-state index contributed by atoms with van der Waals surface area (Å²) in [6, 6.07) is 0. The van der Waals surface area contributed by atoms with Gasteiger partial charge in [0.15, 0.2) is 0 Å². The molecule has 0 N–H and O–H groups in total. The van der Waals surface area contributed by atoms with Crippen molar-refractivity contribution in [2.75, 3.05) is 0 Å². The van der Waals surface area contributed by atoms with Crippen LogP contribution in [0.2, 0.25) is 0 Å². The van der Waals surface area contributed by atoms with Crippen molar-refractivity contribution in [1.82, 2.24) is 0 Å².